The average molecular weight is 293 g/mol. The highest BCUT2D eigenvalue weighted by molar-refractivity contribution is 6.30. The normalized spacial score (nSPS) is 12.8. The number of aliphatic hydroxyl groups excluding tert-OH is 1. The van der Waals surface area contributed by atoms with Crippen molar-refractivity contribution in [2.45, 2.75) is 6.10 Å². The second-order valence-corrected chi connectivity index (χ2v) is 4.84. The van der Waals surface area contributed by atoms with Gasteiger partial charge in [0.15, 0.2) is 0 Å². The predicted molar refractivity (Wildman–Crippen MR) is 74.4 cm³/mol. The van der Waals surface area contributed by atoms with Gasteiger partial charge in [0.2, 0.25) is 0 Å². The second-order valence-electron chi connectivity index (χ2n) is 4.43. The number of fused-ring (bicyclic) bond motifs is 1. The van der Waals surface area contributed by atoms with Crippen molar-refractivity contribution in [2.24, 2.45) is 0 Å². The van der Waals surface area contributed by atoms with Crippen molar-refractivity contribution in [3.8, 4) is 0 Å². The summed E-state index contributed by atoms with van der Waals surface area (Å²) in [7, 11) is 0. The Kier molecular flexibility index (Phi) is 3.08. The minimum absolute atomic E-state index is 0.0438. The van der Waals surface area contributed by atoms with E-state index in [-0.39, 0.29) is 16.3 Å². The first-order chi connectivity index (χ1) is 9.56. The first kappa shape index (κ1) is 12.9. The molecule has 0 spiro atoms. The molecule has 3 N–H and O–H groups in total. The Bertz CT molecular complexity index is 841. The van der Waals surface area contributed by atoms with Gasteiger partial charge in [-0.3, -0.25) is 0 Å². The topological polar surface area (TPSA) is 68.9 Å². The van der Waals surface area contributed by atoms with Gasteiger partial charge in [0.1, 0.15) is 11.9 Å². The van der Waals surface area contributed by atoms with Crippen LogP contribution in [0.5, 0.6) is 0 Å². The summed E-state index contributed by atoms with van der Waals surface area (Å²) in [5, 5.41) is 10.2. The maximum Gasteiger partial charge on any atom is 0.323 e. The highest BCUT2D eigenvalue weighted by Crippen LogP contribution is 2.28. The van der Waals surface area contributed by atoms with Crippen LogP contribution in [0.15, 0.2) is 41.2 Å². The van der Waals surface area contributed by atoms with Crippen LogP contribution in [0.4, 0.5) is 4.39 Å². The van der Waals surface area contributed by atoms with Crippen molar-refractivity contribution in [3.05, 3.63) is 68.8 Å². The van der Waals surface area contributed by atoms with Gasteiger partial charge in [-0.15, -0.1) is 0 Å². The van der Waals surface area contributed by atoms with Crippen molar-refractivity contribution in [1.29, 1.82) is 0 Å². The van der Waals surface area contributed by atoms with Gasteiger partial charge in [-0.1, -0.05) is 29.8 Å². The van der Waals surface area contributed by atoms with Crippen LogP contribution in [-0.2, 0) is 0 Å². The molecule has 0 radical (unpaired) electrons. The Morgan fingerprint density at radius 1 is 1.15 bits per heavy atom. The molecule has 0 aliphatic carbocycles. The van der Waals surface area contributed by atoms with E-state index in [9.17, 15) is 14.3 Å². The number of halogens is 2. The van der Waals surface area contributed by atoms with Crippen LogP contribution in [-0.4, -0.2) is 15.1 Å². The average Bonchev–Trinajstić information content (AvgIpc) is 2.80. The standard InChI is InChI=1S/C14H10ClFN2O2/c15-9-3-1-2-8(12(9)16)13(19)7-4-5-10-11(6-7)18-14(20)17-10/h1-6,13,19H,(H2,17,18,20). The lowest BCUT2D eigenvalue weighted by Crippen LogP contribution is -2.03. The van der Waals surface area contributed by atoms with Crippen molar-refractivity contribution in [1.82, 2.24) is 9.97 Å². The van der Waals surface area contributed by atoms with Crippen molar-refractivity contribution in [2.75, 3.05) is 0 Å². The zero-order chi connectivity index (χ0) is 14.3. The third-order valence-corrected chi connectivity index (χ3v) is 3.42. The molecule has 6 heteroatoms. The largest absolute Gasteiger partial charge is 0.384 e. The third-order valence-electron chi connectivity index (χ3n) is 3.13. The van der Waals surface area contributed by atoms with E-state index in [4.69, 9.17) is 11.6 Å². The smallest absolute Gasteiger partial charge is 0.323 e. The molecular weight excluding hydrogens is 283 g/mol. The first-order valence-corrected chi connectivity index (χ1v) is 6.28. The van der Waals surface area contributed by atoms with Crippen LogP contribution in [0, 0.1) is 5.82 Å². The highest BCUT2D eigenvalue weighted by atomic mass is 35.5. The molecule has 0 fully saturated rings. The van der Waals surface area contributed by atoms with Gasteiger partial charge >= 0.3 is 5.69 Å². The molecule has 0 amide bonds. The van der Waals surface area contributed by atoms with E-state index < -0.39 is 11.9 Å². The maximum absolute atomic E-state index is 13.9. The number of nitrogens with one attached hydrogen (secondary N) is 2. The van der Waals surface area contributed by atoms with Crippen LogP contribution < -0.4 is 5.69 Å². The van der Waals surface area contributed by atoms with Crippen molar-refractivity contribution in [3.63, 3.8) is 0 Å². The number of rotatable bonds is 2. The number of aliphatic hydroxyl groups is 1. The molecule has 1 unspecified atom stereocenters. The summed E-state index contributed by atoms with van der Waals surface area (Å²) in [6, 6.07) is 9.32. The Hall–Kier alpha value is -2.11. The molecule has 2 aromatic carbocycles. The van der Waals surface area contributed by atoms with E-state index in [2.05, 4.69) is 9.97 Å². The van der Waals surface area contributed by atoms with E-state index in [0.29, 0.717) is 16.6 Å². The van der Waals surface area contributed by atoms with E-state index in [0.717, 1.165) is 0 Å². The van der Waals surface area contributed by atoms with Crippen LogP contribution in [0.1, 0.15) is 17.2 Å². The fourth-order valence-corrected chi connectivity index (χ4v) is 2.31. The summed E-state index contributed by atoms with van der Waals surface area (Å²) in [4.78, 5) is 16.4. The second kappa shape index (κ2) is 4.77. The van der Waals surface area contributed by atoms with Crippen LogP contribution in [0.3, 0.4) is 0 Å². The number of hydrogen-bond acceptors (Lipinski definition) is 2. The molecule has 1 atom stereocenters. The van der Waals surface area contributed by atoms with E-state index >= 15 is 0 Å². The summed E-state index contributed by atoms with van der Waals surface area (Å²) in [6.45, 7) is 0. The summed E-state index contributed by atoms with van der Waals surface area (Å²) >= 11 is 5.71. The Morgan fingerprint density at radius 3 is 2.70 bits per heavy atom. The fraction of sp³-hybridized carbons (Fsp3) is 0.0714. The zero-order valence-corrected chi connectivity index (χ0v) is 10.9. The summed E-state index contributed by atoms with van der Waals surface area (Å²) in [6.07, 6.45) is -1.16. The van der Waals surface area contributed by atoms with Crippen LogP contribution in [0.2, 0.25) is 5.02 Å². The summed E-state index contributed by atoms with van der Waals surface area (Å²) in [5.41, 5.74) is 1.40. The molecule has 3 rings (SSSR count). The summed E-state index contributed by atoms with van der Waals surface area (Å²) in [5.74, 6) is -0.649. The molecule has 0 saturated carbocycles. The van der Waals surface area contributed by atoms with Gasteiger partial charge in [-0.25, -0.2) is 9.18 Å². The molecule has 0 aliphatic rings. The lowest BCUT2D eigenvalue weighted by atomic mass is 10.0. The molecule has 20 heavy (non-hydrogen) atoms. The molecule has 102 valence electrons. The maximum atomic E-state index is 13.9. The van der Waals surface area contributed by atoms with Gasteiger partial charge in [0, 0.05) is 5.56 Å². The molecule has 1 aromatic heterocycles. The van der Waals surface area contributed by atoms with Gasteiger partial charge in [-0.05, 0) is 23.8 Å². The number of aromatic amines is 2. The first-order valence-electron chi connectivity index (χ1n) is 5.90. The molecule has 0 saturated heterocycles. The number of benzene rings is 2. The molecular formula is C14H10ClFN2O2. The van der Waals surface area contributed by atoms with E-state index in [1.165, 1.54) is 12.1 Å². The Morgan fingerprint density at radius 2 is 1.90 bits per heavy atom. The Balaban J connectivity index is 2.09. The molecule has 4 nitrogen and oxygen atoms in total. The minimum Gasteiger partial charge on any atom is -0.384 e. The monoisotopic (exact) mass is 292 g/mol. The van der Waals surface area contributed by atoms with Crippen molar-refractivity contribution < 1.29 is 9.50 Å². The van der Waals surface area contributed by atoms with Gasteiger partial charge in [0.05, 0.1) is 16.1 Å². The van der Waals surface area contributed by atoms with Crippen LogP contribution >= 0.6 is 11.6 Å². The van der Waals surface area contributed by atoms with Gasteiger partial charge < -0.3 is 15.1 Å². The molecule has 0 bridgehead atoms. The number of aromatic nitrogens is 2. The SMILES string of the molecule is O=c1[nH]c2ccc(C(O)c3cccc(Cl)c3F)cc2[nH]1. The fourth-order valence-electron chi connectivity index (χ4n) is 2.13. The minimum atomic E-state index is -1.16. The number of hydrogen-bond donors (Lipinski definition) is 3. The Labute approximate surface area is 117 Å². The quantitative estimate of drug-likeness (QED) is 0.680. The zero-order valence-electron chi connectivity index (χ0n) is 10.2. The number of H-pyrrole nitrogens is 2. The molecule has 1 heterocycles. The lowest BCUT2D eigenvalue weighted by molar-refractivity contribution is 0.215. The van der Waals surface area contributed by atoms with E-state index in [1.54, 1.807) is 24.3 Å². The van der Waals surface area contributed by atoms with Gasteiger partial charge in [0.25, 0.3) is 0 Å². The third kappa shape index (κ3) is 2.11. The van der Waals surface area contributed by atoms with Crippen LogP contribution in [0.25, 0.3) is 11.0 Å². The van der Waals surface area contributed by atoms with E-state index in [1.807, 2.05) is 0 Å². The lowest BCUT2D eigenvalue weighted by Gasteiger charge is -2.13. The number of imidazole rings is 1. The molecule has 0 aliphatic heterocycles. The van der Waals surface area contributed by atoms with Gasteiger partial charge in [-0.2, -0.15) is 0 Å². The van der Waals surface area contributed by atoms with Crippen molar-refractivity contribution >= 4 is 22.6 Å². The summed E-state index contributed by atoms with van der Waals surface area (Å²) < 4.78 is 13.9. The molecule has 3 aromatic rings. The highest BCUT2D eigenvalue weighted by Gasteiger charge is 2.17. The predicted octanol–water partition coefficient (Wildman–Crippen LogP) is 2.73.